The fraction of sp³-hybridized carbons (Fsp3) is 0.235. The van der Waals surface area contributed by atoms with Gasteiger partial charge in [0.25, 0.3) is 0 Å². The highest BCUT2D eigenvalue weighted by atomic mass is 35.5. The van der Waals surface area contributed by atoms with Crippen molar-refractivity contribution >= 4 is 29.4 Å². The number of halogens is 2. The number of aryl methyl sites for hydroxylation is 1. The molecule has 2 aromatic rings. The molecule has 2 rings (SSSR count). The number of benzene rings is 2. The van der Waals surface area contributed by atoms with Gasteiger partial charge in [-0.15, -0.1) is 0 Å². The van der Waals surface area contributed by atoms with Gasteiger partial charge in [0, 0.05) is 0 Å². The topological polar surface area (TPSA) is 44.8 Å². The van der Waals surface area contributed by atoms with Crippen LogP contribution in [-0.4, -0.2) is 13.3 Å². The highest BCUT2D eigenvalue weighted by Gasteiger charge is 2.14. The van der Waals surface area contributed by atoms with E-state index >= 15 is 0 Å². The maximum absolute atomic E-state index is 11.3. The van der Waals surface area contributed by atoms with Crippen molar-refractivity contribution in [3.8, 4) is 11.5 Å². The SMILES string of the molecule is CCc1ccc(OCc2c(Cl)cccc2OC(=O)OC)c(Cl)c1. The Morgan fingerprint density at radius 2 is 1.87 bits per heavy atom. The maximum Gasteiger partial charge on any atom is 0.513 e. The Bertz CT molecular complexity index is 701. The van der Waals surface area contributed by atoms with Crippen LogP contribution in [0.25, 0.3) is 0 Å². The lowest BCUT2D eigenvalue weighted by molar-refractivity contribution is 0.120. The van der Waals surface area contributed by atoms with Crippen molar-refractivity contribution < 1.29 is 19.0 Å². The fourth-order valence-corrected chi connectivity index (χ4v) is 2.42. The van der Waals surface area contributed by atoms with Crippen LogP contribution in [0, 0.1) is 0 Å². The molecule has 0 bridgehead atoms. The molecule has 0 aliphatic carbocycles. The average Bonchev–Trinajstić information content (AvgIpc) is 2.55. The van der Waals surface area contributed by atoms with E-state index in [1.54, 1.807) is 24.3 Å². The summed E-state index contributed by atoms with van der Waals surface area (Å²) >= 11 is 12.4. The Labute approximate surface area is 144 Å². The molecule has 0 amide bonds. The zero-order valence-electron chi connectivity index (χ0n) is 12.8. The van der Waals surface area contributed by atoms with Crippen LogP contribution in [0.1, 0.15) is 18.1 Å². The van der Waals surface area contributed by atoms with E-state index in [-0.39, 0.29) is 12.4 Å². The summed E-state index contributed by atoms with van der Waals surface area (Å²) in [4.78, 5) is 11.3. The van der Waals surface area contributed by atoms with Crippen LogP contribution in [0.15, 0.2) is 36.4 Å². The summed E-state index contributed by atoms with van der Waals surface area (Å²) in [6.07, 6.45) is 0.0700. The summed E-state index contributed by atoms with van der Waals surface area (Å²) in [6, 6.07) is 10.6. The van der Waals surface area contributed by atoms with Crippen LogP contribution in [0.4, 0.5) is 4.79 Å². The first-order chi connectivity index (χ1) is 11.0. The van der Waals surface area contributed by atoms with Gasteiger partial charge in [0.05, 0.1) is 22.7 Å². The smallest absolute Gasteiger partial charge is 0.487 e. The van der Waals surface area contributed by atoms with E-state index in [1.165, 1.54) is 7.11 Å². The third kappa shape index (κ3) is 4.53. The molecular formula is C17H16Cl2O4. The minimum atomic E-state index is -0.821. The summed E-state index contributed by atoms with van der Waals surface area (Å²) in [6.45, 7) is 2.16. The molecule has 23 heavy (non-hydrogen) atoms. The van der Waals surface area contributed by atoms with E-state index in [4.69, 9.17) is 32.7 Å². The largest absolute Gasteiger partial charge is 0.513 e. The van der Waals surface area contributed by atoms with Crippen molar-refractivity contribution in [3.63, 3.8) is 0 Å². The molecule has 0 saturated carbocycles. The Morgan fingerprint density at radius 1 is 1.09 bits per heavy atom. The second-order valence-corrected chi connectivity index (χ2v) is 5.49. The van der Waals surface area contributed by atoms with E-state index in [0.717, 1.165) is 12.0 Å². The van der Waals surface area contributed by atoms with Gasteiger partial charge in [-0.25, -0.2) is 4.79 Å². The maximum atomic E-state index is 11.3. The zero-order chi connectivity index (χ0) is 16.8. The van der Waals surface area contributed by atoms with Crippen molar-refractivity contribution in [2.24, 2.45) is 0 Å². The molecule has 4 nitrogen and oxygen atoms in total. The van der Waals surface area contributed by atoms with Crippen molar-refractivity contribution in [1.82, 2.24) is 0 Å². The van der Waals surface area contributed by atoms with Gasteiger partial charge >= 0.3 is 6.16 Å². The van der Waals surface area contributed by atoms with Gasteiger partial charge in [0.2, 0.25) is 0 Å². The Morgan fingerprint density at radius 3 is 2.52 bits per heavy atom. The molecule has 0 aliphatic heterocycles. The van der Waals surface area contributed by atoms with E-state index in [1.807, 2.05) is 19.1 Å². The van der Waals surface area contributed by atoms with Crippen LogP contribution in [0.5, 0.6) is 11.5 Å². The Hall–Kier alpha value is -1.91. The quantitative estimate of drug-likeness (QED) is 0.541. The molecule has 0 fully saturated rings. The van der Waals surface area contributed by atoms with Crippen LogP contribution >= 0.6 is 23.2 Å². The van der Waals surface area contributed by atoms with E-state index in [2.05, 4.69) is 4.74 Å². The van der Waals surface area contributed by atoms with Crippen molar-refractivity contribution in [1.29, 1.82) is 0 Å². The summed E-state index contributed by atoms with van der Waals surface area (Å²) in [5, 5.41) is 0.944. The van der Waals surface area contributed by atoms with Gasteiger partial charge in [-0.3, -0.25) is 0 Å². The van der Waals surface area contributed by atoms with Crippen molar-refractivity contribution in [2.75, 3.05) is 7.11 Å². The molecule has 6 heteroatoms. The average molecular weight is 355 g/mol. The minimum Gasteiger partial charge on any atom is -0.487 e. The molecule has 122 valence electrons. The number of rotatable bonds is 5. The second kappa shape index (κ2) is 8.09. The third-order valence-corrected chi connectivity index (χ3v) is 3.86. The lowest BCUT2D eigenvalue weighted by atomic mass is 10.1. The minimum absolute atomic E-state index is 0.108. The zero-order valence-corrected chi connectivity index (χ0v) is 14.3. The Kier molecular flexibility index (Phi) is 6.13. The van der Waals surface area contributed by atoms with Crippen LogP contribution < -0.4 is 9.47 Å². The van der Waals surface area contributed by atoms with Crippen LogP contribution in [-0.2, 0) is 17.8 Å². The molecule has 0 radical (unpaired) electrons. The first-order valence-electron chi connectivity index (χ1n) is 6.99. The summed E-state index contributed by atoms with van der Waals surface area (Å²) in [5.41, 5.74) is 1.66. The van der Waals surface area contributed by atoms with Gasteiger partial charge in [0.1, 0.15) is 18.1 Å². The summed E-state index contributed by atoms with van der Waals surface area (Å²) < 4.78 is 15.3. The summed E-state index contributed by atoms with van der Waals surface area (Å²) in [5.74, 6) is 0.818. The molecular weight excluding hydrogens is 339 g/mol. The van der Waals surface area contributed by atoms with Crippen LogP contribution in [0.3, 0.4) is 0 Å². The molecule has 0 unspecified atom stereocenters. The highest BCUT2D eigenvalue weighted by molar-refractivity contribution is 6.32. The number of hydrogen-bond acceptors (Lipinski definition) is 4. The molecule has 0 saturated heterocycles. The van der Waals surface area contributed by atoms with E-state index in [0.29, 0.717) is 21.4 Å². The number of hydrogen-bond donors (Lipinski definition) is 0. The molecule has 0 heterocycles. The molecule has 0 atom stereocenters. The third-order valence-electron chi connectivity index (χ3n) is 3.21. The van der Waals surface area contributed by atoms with E-state index in [9.17, 15) is 4.79 Å². The predicted octanol–water partition coefficient (Wildman–Crippen LogP) is 5.28. The monoisotopic (exact) mass is 354 g/mol. The molecule has 2 aromatic carbocycles. The first kappa shape index (κ1) is 17.4. The number of carbonyl (C=O) groups excluding carboxylic acids is 1. The highest BCUT2D eigenvalue weighted by Crippen LogP contribution is 2.31. The second-order valence-electron chi connectivity index (χ2n) is 4.68. The standard InChI is InChI=1S/C17H16Cl2O4/c1-3-11-7-8-16(14(19)9-11)22-10-12-13(18)5-4-6-15(12)23-17(20)21-2/h4-9H,3,10H2,1-2H3. The van der Waals surface area contributed by atoms with Gasteiger partial charge in [-0.1, -0.05) is 42.3 Å². The molecule has 0 aliphatic rings. The number of ether oxygens (including phenoxy) is 3. The first-order valence-corrected chi connectivity index (χ1v) is 7.75. The lowest BCUT2D eigenvalue weighted by Gasteiger charge is -2.13. The van der Waals surface area contributed by atoms with Gasteiger partial charge < -0.3 is 14.2 Å². The fourth-order valence-electron chi connectivity index (χ4n) is 1.94. The predicted molar refractivity (Wildman–Crippen MR) is 89.6 cm³/mol. The molecule has 0 N–H and O–H groups in total. The molecule has 0 aromatic heterocycles. The number of carbonyl (C=O) groups is 1. The lowest BCUT2D eigenvalue weighted by Crippen LogP contribution is -2.10. The summed E-state index contributed by atoms with van der Waals surface area (Å²) in [7, 11) is 1.23. The van der Waals surface area contributed by atoms with E-state index < -0.39 is 6.16 Å². The van der Waals surface area contributed by atoms with Gasteiger partial charge in [-0.2, -0.15) is 0 Å². The molecule has 0 spiro atoms. The normalized spacial score (nSPS) is 10.3. The van der Waals surface area contributed by atoms with Crippen LogP contribution in [0.2, 0.25) is 10.0 Å². The van der Waals surface area contributed by atoms with Crippen molar-refractivity contribution in [2.45, 2.75) is 20.0 Å². The van der Waals surface area contributed by atoms with Crippen molar-refractivity contribution in [3.05, 3.63) is 57.6 Å². The van der Waals surface area contributed by atoms with Gasteiger partial charge in [0.15, 0.2) is 0 Å². The van der Waals surface area contributed by atoms with Gasteiger partial charge in [-0.05, 0) is 36.2 Å². The number of methoxy groups -OCH3 is 1. The Balaban J connectivity index is 2.18.